The molecule has 5 rings (SSSR count). The quantitative estimate of drug-likeness (QED) is 0.257. The first-order chi connectivity index (χ1) is 19.2. The van der Waals surface area contributed by atoms with E-state index in [2.05, 4.69) is 25.4 Å². The number of aromatic nitrogens is 5. The number of tetrazole rings is 1. The van der Waals surface area contributed by atoms with E-state index >= 15 is 0 Å². The van der Waals surface area contributed by atoms with Gasteiger partial charge in [0.25, 0.3) is 5.56 Å². The molecule has 0 radical (unpaired) electrons. The van der Waals surface area contributed by atoms with Crippen molar-refractivity contribution in [2.24, 2.45) is 0 Å². The minimum atomic E-state index is -0.622. The van der Waals surface area contributed by atoms with E-state index in [0.29, 0.717) is 48.8 Å². The molecular weight excluding hydrogens is 511 g/mol. The SMILES string of the molecule is CCOc1ccc2[nH]c(=O)c([C@H](c3nnnn3C(C)(C)C)N(CCc3ccc(F)cc3)Cc3ccco3)cc2c1. The number of rotatable bonds is 10. The van der Waals surface area contributed by atoms with Crippen molar-refractivity contribution in [2.75, 3.05) is 13.2 Å². The Morgan fingerprint density at radius 3 is 2.62 bits per heavy atom. The van der Waals surface area contributed by atoms with Crippen molar-refractivity contribution >= 4 is 10.9 Å². The minimum Gasteiger partial charge on any atom is -0.494 e. The predicted molar refractivity (Wildman–Crippen MR) is 150 cm³/mol. The van der Waals surface area contributed by atoms with Gasteiger partial charge in [0.15, 0.2) is 5.82 Å². The Kier molecular flexibility index (Phi) is 7.79. The van der Waals surface area contributed by atoms with Gasteiger partial charge in [-0.3, -0.25) is 9.69 Å². The van der Waals surface area contributed by atoms with Gasteiger partial charge in [0.05, 0.1) is 25.0 Å². The van der Waals surface area contributed by atoms with Crippen LogP contribution in [-0.2, 0) is 18.5 Å². The van der Waals surface area contributed by atoms with Gasteiger partial charge < -0.3 is 14.1 Å². The fraction of sp³-hybridized carbons (Fsp3) is 0.333. The summed E-state index contributed by atoms with van der Waals surface area (Å²) in [7, 11) is 0. The van der Waals surface area contributed by atoms with Crippen LogP contribution in [0.4, 0.5) is 4.39 Å². The molecule has 0 spiro atoms. The van der Waals surface area contributed by atoms with E-state index in [0.717, 1.165) is 16.7 Å². The standard InChI is InChI=1S/C30H33FN6O3/c1-5-39-23-12-13-26-21(17-23)18-25(29(38)32-26)27(28-33-34-35-37(28)30(2,3)4)36(19-24-7-6-16-40-24)15-14-20-8-10-22(31)11-9-20/h6-13,16-18,27H,5,14-15,19H2,1-4H3,(H,32,38)/t27-/m1/s1. The van der Waals surface area contributed by atoms with Crippen LogP contribution in [0.15, 0.2) is 76.1 Å². The Balaban J connectivity index is 1.66. The van der Waals surface area contributed by atoms with Crippen molar-refractivity contribution in [1.82, 2.24) is 30.1 Å². The fourth-order valence-corrected chi connectivity index (χ4v) is 4.83. The average Bonchev–Trinajstić information content (AvgIpc) is 3.61. The van der Waals surface area contributed by atoms with Crippen LogP contribution in [0.2, 0.25) is 0 Å². The summed E-state index contributed by atoms with van der Waals surface area (Å²) in [6, 6.07) is 17.0. The number of aromatic amines is 1. The molecule has 0 fully saturated rings. The zero-order chi connectivity index (χ0) is 28.3. The zero-order valence-electron chi connectivity index (χ0n) is 23.1. The summed E-state index contributed by atoms with van der Waals surface area (Å²) in [5, 5.41) is 13.6. The van der Waals surface area contributed by atoms with E-state index in [-0.39, 0.29) is 11.4 Å². The Morgan fingerprint density at radius 1 is 1.12 bits per heavy atom. The van der Waals surface area contributed by atoms with Gasteiger partial charge in [0.2, 0.25) is 0 Å². The topological polar surface area (TPSA) is 102 Å². The summed E-state index contributed by atoms with van der Waals surface area (Å²) in [6.07, 6.45) is 2.23. The van der Waals surface area contributed by atoms with Crippen LogP contribution >= 0.6 is 0 Å². The van der Waals surface area contributed by atoms with E-state index in [9.17, 15) is 9.18 Å². The molecule has 1 N–H and O–H groups in total. The number of benzene rings is 2. The molecule has 0 aliphatic rings. The third-order valence-electron chi connectivity index (χ3n) is 6.73. The molecule has 0 saturated heterocycles. The van der Waals surface area contributed by atoms with Crippen LogP contribution in [0.5, 0.6) is 5.75 Å². The Morgan fingerprint density at radius 2 is 1.93 bits per heavy atom. The number of hydrogen-bond donors (Lipinski definition) is 1. The highest BCUT2D eigenvalue weighted by atomic mass is 19.1. The molecule has 0 amide bonds. The lowest BCUT2D eigenvalue weighted by Crippen LogP contribution is -2.38. The molecular formula is C30H33FN6O3. The second kappa shape index (κ2) is 11.4. The first kappa shape index (κ1) is 27.3. The summed E-state index contributed by atoms with van der Waals surface area (Å²) < 4.78 is 26.8. The maximum atomic E-state index is 13.7. The number of H-pyrrole nitrogens is 1. The Labute approximate surface area is 231 Å². The number of furan rings is 1. The molecule has 0 aliphatic heterocycles. The van der Waals surface area contributed by atoms with E-state index in [4.69, 9.17) is 9.15 Å². The van der Waals surface area contributed by atoms with Crippen LogP contribution in [0, 0.1) is 5.82 Å². The van der Waals surface area contributed by atoms with Crippen LogP contribution in [-0.4, -0.2) is 43.2 Å². The molecule has 10 heteroatoms. The van der Waals surface area contributed by atoms with Crippen molar-refractivity contribution in [3.8, 4) is 5.75 Å². The van der Waals surface area contributed by atoms with E-state index < -0.39 is 11.6 Å². The zero-order valence-corrected chi connectivity index (χ0v) is 23.1. The van der Waals surface area contributed by atoms with E-state index in [1.165, 1.54) is 12.1 Å². The van der Waals surface area contributed by atoms with Crippen molar-refractivity contribution in [1.29, 1.82) is 0 Å². The van der Waals surface area contributed by atoms with Gasteiger partial charge in [-0.05, 0) is 98.6 Å². The molecule has 0 unspecified atom stereocenters. The molecule has 5 aromatic rings. The summed E-state index contributed by atoms with van der Waals surface area (Å²) in [5.74, 6) is 1.69. The molecule has 208 valence electrons. The Hall–Kier alpha value is -4.31. The first-order valence-corrected chi connectivity index (χ1v) is 13.3. The highest BCUT2D eigenvalue weighted by molar-refractivity contribution is 5.80. The van der Waals surface area contributed by atoms with Crippen molar-refractivity contribution in [3.05, 3.63) is 106 Å². The minimum absolute atomic E-state index is 0.239. The second-order valence-corrected chi connectivity index (χ2v) is 10.7. The molecule has 40 heavy (non-hydrogen) atoms. The van der Waals surface area contributed by atoms with Crippen LogP contribution < -0.4 is 10.3 Å². The highest BCUT2D eigenvalue weighted by Crippen LogP contribution is 2.31. The van der Waals surface area contributed by atoms with Crippen molar-refractivity contribution < 1.29 is 13.5 Å². The van der Waals surface area contributed by atoms with Gasteiger partial charge in [-0.2, -0.15) is 0 Å². The van der Waals surface area contributed by atoms with Crippen molar-refractivity contribution in [2.45, 2.75) is 52.2 Å². The number of nitrogens with one attached hydrogen (secondary N) is 1. The molecule has 3 aromatic heterocycles. The Bertz CT molecular complexity index is 1620. The summed E-state index contributed by atoms with van der Waals surface area (Å²) in [5.41, 5.74) is 1.48. The molecule has 0 bridgehead atoms. The number of hydrogen-bond acceptors (Lipinski definition) is 7. The molecule has 0 aliphatic carbocycles. The number of ether oxygens (including phenoxy) is 1. The molecule has 1 atom stereocenters. The van der Waals surface area contributed by atoms with Gasteiger partial charge in [-0.15, -0.1) is 5.10 Å². The van der Waals surface area contributed by atoms with Gasteiger partial charge in [0, 0.05) is 23.0 Å². The van der Waals surface area contributed by atoms with Crippen LogP contribution in [0.1, 0.15) is 56.4 Å². The molecule has 0 saturated carbocycles. The summed E-state index contributed by atoms with van der Waals surface area (Å²) >= 11 is 0. The first-order valence-electron chi connectivity index (χ1n) is 13.3. The van der Waals surface area contributed by atoms with Crippen LogP contribution in [0.3, 0.4) is 0 Å². The summed E-state index contributed by atoms with van der Waals surface area (Å²) in [4.78, 5) is 18.9. The normalized spacial score (nSPS) is 12.8. The number of nitrogens with zero attached hydrogens (tertiary/aromatic N) is 5. The third-order valence-corrected chi connectivity index (χ3v) is 6.73. The summed E-state index contributed by atoms with van der Waals surface area (Å²) in [6.45, 7) is 9.41. The number of halogens is 1. The lowest BCUT2D eigenvalue weighted by molar-refractivity contribution is 0.181. The number of fused-ring (bicyclic) bond motifs is 1. The molecule has 3 heterocycles. The van der Waals surface area contributed by atoms with Gasteiger partial charge in [0.1, 0.15) is 23.4 Å². The highest BCUT2D eigenvalue weighted by Gasteiger charge is 2.33. The molecule has 9 nitrogen and oxygen atoms in total. The fourth-order valence-electron chi connectivity index (χ4n) is 4.83. The largest absolute Gasteiger partial charge is 0.494 e. The lowest BCUT2D eigenvalue weighted by Gasteiger charge is -2.32. The van der Waals surface area contributed by atoms with Crippen LogP contribution in [0.25, 0.3) is 10.9 Å². The third kappa shape index (κ3) is 5.96. The van der Waals surface area contributed by atoms with Gasteiger partial charge in [-0.1, -0.05) is 12.1 Å². The molecule has 2 aromatic carbocycles. The van der Waals surface area contributed by atoms with E-state index in [1.807, 2.05) is 64.1 Å². The second-order valence-electron chi connectivity index (χ2n) is 10.7. The van der Waals surface area contributed by atoms with Gasteiger partial charge in [-0.25, -0.2) is 9.07 Å². The predicted octanol–water partition coefficient (Wildman–Crippen LogP) is 5.23. The monoisotopic (exact) mass is 544 g/mol. The number of pyridine rings is 1. The van der Waals surface area contributed by atoms with Gasteiger partial charge >= 0.3 is 0 Å². The lowest BCUT2D eigenvalue weighted by atomic mass is 10.0. The van der Waals surface area contributed by atoms with E-state index in [1.54, 1.807) is 23.1 Å². The average molecular weight is 545 g/mol. The van der Waals surface area contributed by atoms with Crippen molar-refractivity contribution in [3.63, 3.8) is 0 Å². The maximum Gasteiger partial charge on any atom is 0.253 e. The maximum absolute atomic E-state index is 13.7. The smallest absolute Gasteiger partial charge is 0.253 e.